The fraction of sp³-hybridized carbons (Fsp3) is 0.273. The van der Waals surface area contributed by atoms with Gasteiger partial charge < -0.3 is 0 Å². The maximum Gasteiger partial charge on any atom is 0.179 e. The lowest BCUT2D eigenvalue weighted by atomic mass is 10.00. The van der Waals surface area contributed by atoms with Crippen LogP contribution in [0, 0.1) is 24.2 Å². The van der Waals surface area contributed by atoms with E-state index in [0.29, 0.717) is 5.56 Å². The molecular weight excluding hydrogens is 162 g/mol. The van der Waals surface area contributed by atoms with Crippen LogP contribution >= 0.6 is 0 Å². The molecule has 0 saturated heterocycles. The van der Waals surface area contributed by atoms with Gasteiger partial charge in [0.05, 0.1) is 6.07 Å². The highest BCUT2D eigenvalue weighted by Gasteiger charge is 2.13. The van der Waals surface area contributed by atoms with Crippen molar-refractivity contribution in [3.05, 3.63) is 35.4 Å². The maximum absolute atomic E-state index is 11.5. The Morgan fingerprint density at radius 2 is 1.92 bits per heavy atom. The molecule has 1 aromatic rings. The standard InChI is InChI=1S/C11H11NO/c1-8-3-5-10(6-4-8)11(13)9(2)7-12/h3-6,9H,1-2H3. The Morgan fingerprint density at radius 3 is 2.38 bits per heavy atom. The second-order valence-corrected chi connectivity index (χ2v) is 3.08. The van der Waals surface area contributed by atoms with Crippen molar-refractivity contribution in [3.8, 4) is 6.07 Å². The van der Waals surface area contributed by atoms with E-state index >= 15 is 0 Å². The second kappa shape index (κ2) is 3.86. The molecule has 1 atom stereocenters. The Morgan fingerprint density at radius 1 is 1.38 bits per heavy atom. The van der Waals surface area contributed by atoms with E-state index in [4.69, 9.17) is 5.26 Å². The molecular formula is C11H11NO. The van der Waals surface area contributed by atoms with Crippen LogP contribution in [0.2, 0.25) is 0 Å². The lowest BCUT2D eigenvalue weighted by Gasteiger charge is -2.01. The molecule has 66 valence electrons. The van der Waals surface area contributed by atoms with Crippen LogP contribution in [0.3, 0.4) is 0 Å². The molecule has 0 aliphatic heterocycles. The summed E-state index contributed by atoms with van der Waals surface area (Å²) in [7, 11) is 0. The van der Waals surface area contributed by atoms with Gasteiger partial charge in [0, 0.05) is 5.56 Å². The van der Waals surface area contributed by atoms with E-state index < -0.39 is 5.92 Å². The van der Waals surface area contributed by atoms with Crippen LogP contribution in [0.15, 0.2) is 24.3 Å². The minimum Gasteiger partial charge on any atom is -0.293 e. The van der Waals surface area contributed by atoms with Crippen LogP contribution in [-0.4, -0.2) is 5.78 Å². The second-order valence-electron chi connectivity index (χ2n) is 3.08. The number of nitriles is 1. The van der Waals surface area contributed by atoms with Crippen molar-refractivity contribution in [1.82, 2.24) is 0 Å². The third kappa shape index (κ3) is 2.16. The lowest BCUT2D eigenvalue weighted by molar-refractivity contribution is 0.0956. The van der Waals surface area contributed by atoms with E-state index in [0.717, 1.165) is 5.56 Å². The van der Waals surface area contributed by atoms with Crippen LogP contribution < -0.4 is 0 Å². The van der Waals surface area contributed by atoms with Crippen LogP contribution in [0.4, 0.5) is 0 Å². The highest BCUT2D eigenvalue weighted by Crippen LogP contribution is 2.09. The number of Topliss-reactive ketones (excluding diaryl/α,β-unsaturated/α-hetero) is 1. The number of hydrogen-bond acceptors (Lipinski definition) is 2. The van der Waals surface area contributed by atoms with E-state index in [2.05, 4.69) is 0 Å². The van der Waals surface area contributed by atoms with Crippen molar-refractivity contribution in [2.24, 2.45) is 5.92 Å². The number of aryl methyl sites for hydroxylation is 1. The average molecular weight is 173 g/mol. The van der Waals surface area contributed by atoms with Gasteiger partial charge in [0.1, 0.15) is 5.92 Å². The topological polar surface area (TPSA) is 40.9 Å². The molecule has 1 unspecified atom stereocenters. The molecule has 1 aromatic carbocycles. The number of carbonyl (C=O) groups is 1. The molecule has 0 spiro atoms. The molecule has 2 nitrogen and oxygen atoms in total. The quantitative estimate of drug-likeness (QED) is 0.644. The van der Waals surface area contributed by atoms with Gasteiger partial charge in [-0.15, -0.1) is 0 Å². The Kier molecular flexibility index (Phi) is 2.81. The predicted octanol–water partition coefficient (Wildman–Crippen LogP) is 2.34. The van der Waals surface area contributed by atoms with Crippen molar-refractivity contribution >= 4 is 5.78 Å². The normalized spacial score (nSPS) is 11.8. The first-order chi connectivity index (χ1) is 6.15. The number of benzene rings is 1. The molecule has 1 rings (SSSR count). The summed E-state index contributed by atoms with van der Waals surface area (Å²) in [5.41, 5.74) is 1.72. The maximum atomic E-state index is 11.5. The first-order valence-electron chi connectivity index (χ1n) is 4.15. The number of rotatable bonds is 2. The lowest BCUT2D eigenvalue weighted by Crippen LogP contribution is -2.08. The summed E-state index contributed by atoms with van der Waals surface area (Å²) in [6.45, 7) is 3.57. The van der Waals surface area contributed by atoms with Gasteiger partial charge in [-0.3, -0.25) is 4.79 Å². The molecule has 0 aliphatic rings. The molecule has 0 radical (unpaired) electrons. The minimum absolute atomic E-state index is 0.109. The van der Waals surface area contributed by atoms with Crippen LogP contribution in [0.1, 0.15) is 22.8 Å². The number of carbonyl (C=O) groups excluding carboxylic acids is 1. The highest BCUT2D eigenvalue weighted by molar-refractivity contribution is 5.99. The zero-order valence-corrected chi connectivity index (χ0v) is 7.74. The fourth-order valence-corrected chi connectivity index (χ4v) is 1.03. The summed E-state index contributed by atoms with van der Waals surface area (Å²) in [6, 6.07) is 9.18. The Labute approximate surface area is 77.8 Å². The highest BCUT2D eigenvalue weighted by atomic mass is 16.1. The predicted molar refractivity (Wildman–Crippen MR) is 50.3 cm³/mol. The zero-order chi connectivity index (χ0) is 9.84. The van der Waals surface area contributed by atoms with Crippen molar-refractivity contribution in [1.29, 1.82) is 5.26 Å². The van der Waals surface area contributed by atoms with E-state index in [9.17, 15) is 4.79 Å². The van der Waals surface area contributed by atoms with Gasteiger partial charge in [0.2, 0.25) is 0 Å². The first kappa shape index (κ1) is 9.47. The molecule has 0 aliphatic carbocycles. The van der Waals surface area contributed by atoms with E-state index in [1.807, 2.05) is 25.1 Å². The third-order valence-electron chi connectivity index (χ3n) is 1.92. The molecule has 0 amide bonds. The minimum atomic E-state index is -0.553. The summed E-state index contributed by atoms with van der Waals surface area (Å²) in [5, 5.41) is 8.55. The first-order valence-corrected chi connectivity index (χ1v) is 4.15. The van der Waals surface area contributed by atoms with Gasteiger partial charge in [0.25, 0.3) is 0 Å². The summed E-state index contributed by atoms with van der Waals surface area (Å²) < 4.78 is 0. The van der Waals surface area contributed by atoms with Gasteiger partial charge in [-0.1, -0.05) is 29.8 Å². The van der Waals surface area contributed by atoms with Gasteiger partial charge in [0.15, 0.2) is 5.78 Å². The Balaban J connectivity index is 2.91. The van der Waals surface area contributed by atoms with E-state index in [1.165, 1.54) is 0 Å². The van der Waals surface area contributed by atoms with Gasteiger partial charge >= 0.3 is 0 Å². The number of nitrogens with zero attached hydrogens (tertiary/aromatic N) is 1. The summed E-state index contributed by atoms with van der Waals surface area (Å²) in [5.74, 6) is -0.662. The average Bonchev–Trinajstić information content (AvgIpc) is 2.17. The largest absolute Gasteiger partial charge is 0.293 e. The van der Waals surface area contributed by atoms with Crippen molar-refractivity contribution in [2.45, 2.75) is 13.8 Å². The van der Waals surface area contributed by atoms with Crippen LogP contribution in [0.25, 0.3) is 0 Å². The van der Waals surface area contributed by atoms with Crippen molar-refractivity contribution in [3.63, 3.8) is 0 Å². The van der Waals surface area contributed by atoms with Crippen molar-refractivity contribution < 1.29 is 4.79 Å². The zero-order valence-electron chi connectivity index (χ0n) is 7.74. The van der Waals surface area contributed by atoms with Crippen LogP contribution in [-0.2, 0) is 0 Å². The molecule has 0 bridgehead atoms. The van der Waals surface area contributed by atoms with Crippen LogP contribution in [0.5, 0.6) is 0 Å². The monoisotopic (exact) mass is 173 g/mol. The van der Waals surface area contributed by atoms with E-state index in [1.54, 1.807) is 19.1 Å². The smallest absolute Gasteiger partial charge is 0.179 e. The molecule has 0 fully saturated rings. The Hall–Kier alpha value is -1.62. The molecule has 2 heteroatoms. The van der Waals surface area contributed by atoms with Crippen molar-refractivity contribution in [2.75, 3.05) is 0 Å². The Bertz CT molecular complexity index is 345. The summed E-state index contributed by atoms with van der Waals surface area (Å²) in [4.78, 5) is 11.5. The number of hydrogen-bond donors (Lipinski definition) is 0. The van der Waals surface area contributed by atoms with Gasteiger partial charge in [-0.05, 0) is 13.8 Å². The molecule has 0 aromatic heterocycles. The number of ketones is 1. The fourth-order valence-electron chi connectivity index (χ4n) is 1.03. The third-order valence-corrected chi connectivity index (χ3v) is 1.92. The van der Waals surface area contributed by atoms with E-state index in [-0.39, 0.29) is 5.78 Å². The van der Waals surface area contributed by atoms with Gasteiger partial charge in [-0.25, -0.2) is 0 Å². The molecule has 13 heavy (non-hydrogen) atoms. The molecule has 0 saturated carbocycles. The summed E-state index contributed by atoms with van der Waals surface area (Å²) >= 11 is 0. The summed E-state index contributed by atoms with van der Waals surface area (Å²) in [6.07, 6.45) is 0. The SMILES string of the molecule is Cc1ccc(C(=O)C(C)C#N)cc1. The molecule has 0 heterocycles. The van der Waals surface area contributed by atoms with Gasteiger partial charge in [-0.2, -0.15) is 5.26 Å². The molecule has 0 N–H and O–H groups in total.